The van der Waals surface area contributed by atoms with Gasteiger partial charge < -0.3 is 0 Å². The van der Waals surface area contributed by atoms with E-state index in [4.69, 9.17) is 23.2 Å². The van der Waals surface area contributed by atoms with Crippen LogP contribution in [-0.2, 0) is 0 Å². The highest BCUT2D eigenvalue weighted by molar-refractivity contribution is 8.74. The van der Waals surface area contributed by atoms with Crippen LogP contribution in [0.25, 0.3) is 0 Å². The van der Waals surface area contributed by atoms with E-state index in [0.29, 0.717) is 0 Å². The SMILES string of the molecule is Clc1ccc(C(c2ccccc2)N2CCN(SSN3CCN(C(c4ccccc4)c4ccc(Cl)cc4)CC3)CC2)cc1. The fourth-order valence-electron chi connectivity index (χ4n) is 5.96. The van der Waals surface area contributed by atoms with Crippen molar-refractivity contribution in [3.63, 3.8) is 0 Å². The van der Waals surface area contributed by atoms with E-state index in [1.807, 2.05) is 46.2 Å². The molecule has 4 aromatic carbocycles. The molecule has 2 fully saturated rings. The van der Waals surface area contributed by atoms with Crippen LogP contribution in [0.3, 0.4) is 0 Å². The molecule has 0 bridgehead atoms. The maximum atomic E-state index is 6.21. The van der Waals surface area contributed by atoms with Crippen molar-refractivity contribution in [1.29, 1.82) is 0 Å². The Morgan fingerprint density at radius 3 is 1.05 bits per heavy atom. The third-order valence-corrected chi connectivity index (χ3v) is 11.3. The van der Waals surface area contributed by atoms with E-state index in [2.05, 4.69) is 103 Å². The standard InChI is InChI=1S/C34H36Cl2N4S2/c35-31-15-11-29(12-16-31)33(27-7-3-1-4-8-27)37-19-23-39(24-20-37)41-42-40-25-21-38(22-26-40)34(28-9-5-2-6-10-28)30-13-17-32(36)18-14-30/h1-18,33-34H,19-26H2. The molecule has 4 nitrogen and oxygen atoms in total. The van der Waals surface area contributed by atoms with Crippen LogP contribution in [0.4, 0.5) is 0 Å². The summed E-state index contributed by atoms with van der Waals surface area (Å²) in [6.07, 6.45) is 0. The Balaban J connectivity index is 1.02. The number of piperazine rings is 2. The number of rotatable bonds is 9. The van der Waals surface area contributed by atoms with Crippen molar-refractivity contribution < 1.29 is 0 Å². The molecule has 42 heavy (non-hydrogen) atoms. The molecule has 4 aromatic rings. The van der Waals surface area contributed by atoms with Gasteiger partial charge in [0.25, 0.3) is 0 Å². The van der Waals surface area contributed by atoms with Crippen LogP contribution in [0.1, 0.15) is 34.3 Å². The first-order valence-electron chi connectivity index (χ1n) is 14.6. The summed E-state index contributed by atoms with van der Waals surface area (Å²) in [7, 11) is 3.83. The van der Waals surface area contributed by atoms with Crippen LogP contribution in [-0.4, -0.2) is 70.8 Å². The van der Waals surface area contributed by atoms with Gasteiger partial charge in [-0.25, -0.2) is 8.61 Å². The van der Waals surface area contributed by atoms with Crippen molar-refractivity contribution >= 4 is 45.2 Å². The van der Waals surface area contributed by atoms with Crippen molar-refractivity contribution in [2.24, 2.45) is 0 Å². The number of hydrogen-bond donors (Lipinski definition) is 0. The number of hydrogen-bond acceptors (Lipinski definition) is 6. The van der Waals surface area contributed by atoms with E-state index in [-0.39, 0.29) is 12.1 Å². The highest BCUT2D eigenvalue weighted by atomic mass is 35.5. The summed E-state index contributed by atoms with van der Waals surface area (Å²) in [4.78, 5) is 5.22. The summed E-state index contributed by atoms with van der Waals surface area (Å²) in [6.45, 7) is 8.30. The van der Waals surface area contributed by atoms with E-state index >= 15 is 0 Å². The third-order valence-electron chi connectivity index (χ3n) is 8.12. The maximum absolute atomic E-state index is 6.21. The Bertz CT molecular complexity index is 1270. The van der Waals surface area contributed by atoms with Gasteiger partial charge in [-0.15, -0.1) is 0 Å². The summed E-state index contributed by atoms with van der Waals surface area (Å²) in [6, 6.07) is 38.9. The van der Waals surface area contributed by atoms with E-state index in [1.54, 1.807) is 0 Å². The van der Waals surface area contributed by atoms with Crippen LogP contribution < -0.4 is 0 Å². The zero-order chi connectivity index (χ0) is 28.7. The minimum Gasteiger partial charge on any atom is -0.290 e. The van der Waals surface area contributed by atoms with Crippen LogP contribution in [0, 0.1) is 0 Å². The van der Waals surface area contributed by atoms with Crippen molar-refractivity contribution in [2.45, 2.75) is 12.1 Å². The molecule has 8 heteroatoms. The minimum absolute atomic E-state index is 0.245. The number of benzene rings is 4. The molecule has 2 heterocycles. The van der Waals surface area contributed by atoms with E-state index in [1.165, 1.54) is 22.3 Å². The quantitative estimate of drug-likeness (QED) is 0.135. The molecule has 2 aliphatic rings. The summed E-state index contributed by atoms with van der Waals surface area (Å²) < 4.78 is 5.05. The maximum Gasteiger partial charge on any atom is 0.0602 e. The molecule has 0 spiro atoms. The molecule has 2 unspecified atom stereocenters. The minimum atomic E-state index is 0.245. The van der Waals surface area contributed by atoms with Gasteiger partial charge in [0.2, 0.25) is 0 Å². The molecule has 0 radical (unpaired) electrons. The smallest absolute Gasteiger partial charge is 0.0602 e. The van der Waals surface area contributed by atoms with Crippen molar-refractivity contribution in [1.82, 2.24) is 18.4 Å². The first-order valence-corrected chi connectivity index (χ1v) is 17.4. The molecule has 2 saturated heterocycles. The van der Waals surface area contributed by atoms with E-state index in [9.17, 15) is 0 Å². The Labute approximate surface area is 268 Å². The molecule has 0 amide bonds. The zero-order valence-electron chi connectivity index (χ0n) is 23.6. The fraction of sp³-hybridized carbons (Fsp3) is 0.294. The molecule has 0 saturated carbocycles. The highest BCUT2D eigenvalue weighted by Crippen LogP contribution is 2.36. The molecule has 0 aliphatic carbocycles. The second-order valence-corrected chi connectivity index (χ2v) is 13.9. The number of halogens is 2. The third kappa shape index (κ3) is 7.55. The monoisotopic (exact) mass is 634 g/mol. The van der Waals surface area contributed by atoms with Crippen LogP contribution in [0.15, 0.2) is 109 Å². The Kier molecular flexibility index (Phi) is 10.5. The fourth-order valence-corrected chi connectivity index (χ4v) is 8.48. The molecule has 2 atom stereocenters. The van der Waals surface area contributed by atoms with Gasteiger partial charge in [0, 0.05) is 84.4 Å². The van der Waals surface area contributed by atoms with Gasteiger partial charge in [0.05, 0.1) is 12.1 Å². The Morgan fingerprint density at radius 2 is 0.714 bits per heavy atom. The van der Waals surface area contributed by atoms with Gasteiger partial charge in [-0.3, -0.25) is 9.80 Å². The number of nitrogens with zero attached hydrogens (tertiary/aromatic N) is 4. The van der Waals surface area contributed by atoms with E-state index in [0.717, 1.165) is 62.4 Å². The largest absolute Gasteiger partial charge is 0.290 e. The van der Waals surface area contributed by atoms with Crippen molar-refractivity contribution in [3.8, 4) is 0 Å². The Hall–Kier alpha value is -2.00. The van der Waals surface area contributed by atoms with Crippen molar-refractivity contribution in [2.75, 3.05) is 52.4 Å². The first-order chi connectivity index (χ1) is 20.6. The molecule has 0 aromatic heterocycles. The molecule has 0 N–H and O–H groups in total. The zero-order valence-corrected chi connectivity index (χ0v) is 26.7. The van der Waals surface area contributed by atoms with Gasteiger partial charge in [-0.05, 0) is 46.5 Å². The predicted octanol–water partition coefficient (Wildman–Crippen LogP) is 8.32. The lowest BCUT2D eigenvalue weighted by Gasteiger charge is -2.41. The second-order valence-electron chi connectivity index (χ2n) is 10.8. The first kappa shape index (κ1) is 30.0. The van der Waals surface area contributed by atoms with Gasteiger partial charge in [-0.1, -0.05) is 108 Å². The average Bonchev–Trinajstić information content (AvgIpc) is 3.04. The predicted molar refractivity (Wildman–Crippen MR) is 181 cm³/mol. The molecular formula is C34H36Cl2N4S2. The van der Waals surface area contributed by atoms with Crippen molar-refractivity contribution in [3.05, 3.63) is 141 Å². The van der Waals surface area contributed by atoms with Gasteiger partial charge in [-0.2, -0.15) is 0 Å². The molecule has 6 rings (SSSR count). The van der Waals surface area contributed by atoms with Crippen LogP contribution >= 0.6 is 45.2 Å². The van der Waals surface area contributed by atoms with Gasteiger partial charge in [0.15, 0.2) is 0 Å². The van der Waals surface area contributed by atoms with Gasteiger partial charge in [0.1, 0.15) is 0 Å². The molecule has 2 aliphatic heterocycles. The van der Waals surface area contributed by atoms with Crippen LogP contribution in [0.5, 0.6) is 0 Å². The van der Waals surface area contributed by atoms with E-state index < -0.39 is 0 Å². The topological polar surface area (TPSA) is 13.0 Å². The summed E-state index contributed by atoms with van der Waals surface area (Å²) in [5.41, 5.74) is 5.26. The normalized spacial score (nSPS) is 19.0. The molecular weight excluding hydrogens is 599 g/mol. The lowest BCUT2D eigenvalue weighted by Crippen LogP contribution is -2.46. The Morgan fingerprint density at radius 1 is 0.405 bits per heavy atom. The lowest BCUT2D eigenvalue weighted by molar-refractivity contribution is 0.160. The summed E-state index contributed by atoms with van der Waals surface area (Å²) >= 11 is 12.4. The summed E-state index contributed by atoms with van der Waals surface area (Å²) in [5.74, 6) is 0. The van der Waals surface area contributed by atoms with Gasteiger partial charge >= 0.3 is 0 Å². The average molecular weight is 636 g/mol. The molecule has 218 valence electrons. The second kappa shape index (κ2) is 14.7. The summed E-state index contributed by atoms with van der Waals surface area (Å²) in [5, 5.41) is 1.57. The lowest BCUT2D eigenvalue weighted by atomic mass is 9.96. The highest BCUT2D eigenvalue weighted by Gasteiger charge is 2.29. The van der Waals surface area contributed by atoms with Crippen LogP contribution in [0.2, 0.25) is 10.0 Å².